The van der Waals surface area contributed by atoms with E-state index in [1.165, 1.54) is 30.9 Å². The molecule has 2 aromatic carbocycles. The van der Waals surface area contributed by atoms with Crippen LogP contribution in [0.25, 0.3) is 11.1 Å². The first-order valence-electron chi connectivity index (χ1n) is 8.36. The minimum Gasteiger partial charge on any atom is -0.480 e. The fourth-order valence-corrected chi connectivity index (χ4v) is 4.65. The van der Waals surface area contributed by atoms with E-state index in [4.69, 9.17) is 0 Å². The van der Waals surface area contributed by atoms with E-state index in [1.807, 2.05) is 42.5 Å². The van der Waals surface area contributed by atoms with E-state index in [-0.39, 0.29) is 11.6 Å². The number of carboxylic acid groups (broad SMARTS) is 1. The van der Waals surface area contributed by atoms with Crippen LogP contribution in [0.5, 0.6) is 0 Å². The third-order valence-electron chi connectivity index (χ3n) is 4.69. The highest BCUT2D eigenvalue weighted by Gasteiger charge is 2.49. The van der Waals surface area contributed by atoms with Gasteiger partial charge in [-0.3, -0.25) is 4.79 Å². The number of imidazole rings is 1. The molecule has 7 heteroatoms. The molecule has 0 fully saturated rings. The number of hydrogen-bond acceptors (Lipinski definition) is 4. The van der Waals surface area contributed by atoms with E-state index >= 15 is 0 Å². The maximum absolute atomic E-state index is 13.2. The van der Waals surface area contributed by atoms with Crippen LogP contribution in [0.2, 0.25) is 0 Å². The molecule has 1 aromatic heterocycles. The van der Waals surface area contributed by atoms with Crippen molar-refractivity contribution in [3.05, 3.63) is 72.6 Å². The molecule has 0 aliphatic carbocycles. The zero-order valence-corrected chi connectivity index (χ0v) is 15.8. The van der Waals surface area contributed by atoms with Gasteiger partial charge in [-0.25, -0.2) is 13.4 Å². The zero-order valence-electron chi connectivity index (χ0n) is 15.0. The molecule has 1 N–H and O–H groups in total. The van der Waals surface area contributed by atoms with Gasteiger partial charge in [0.05, 0.1) is 0 Å². The van der Waals surface area contributed by atoms with Crippen LogP contribution in [0.3, 0.4) is 0 Å². The first kappa shape index (κ1) is 18.8. The van der Waals surface area contributed by atoms with Crippen molar-refractivity contribution in [2.45, 2.75) is 23.2 Å². The Hall–Kier alpha value is -2.93. The monoisotopic (exact) mass is 384 g/mol. The topological polar surface area (TPSA) is 89.3 Å². The Morgan fingerprint density at radius 1 is 1.11 bits per heavy atom. The second-order valence-electron chi connectivity index (χ2n) is 6.56. The summed E-state index contributed by atoms with van der Waals surface area (Å²) < 4.78 is 25.6. The summed E-state index contributed by atoms with van der Waals surface area (Å²) in [7, 11) is -2.70. The molecule has 3 aromatic rings. The number of benzene rings is 2. The molecule has 0 radical (unpaired) electrons. The van der Waals surface area contributed by atoms with Crippen molar-refractivity contribution in [1.29, 1.82) is 0 Å². The summed E-state index contributed by atoms with van der Waals surface area (Å²) in [5.41, 5.74) is 2.35. The van der Waals surface area contributed by atoms with Gasteiger partial charge in [-0.2, -0.15) is 0 Å². The SMILES string of the molecule is Cn1ccnc1S(=O)(=O)C(C)(Cc1ccccc1-c1ccccc1)C(=O)O. The van der Waals surface area contributed by atoms with Crippen LogP contribution in [0, 0.1) is 0 Å². The number of aromatic nitrogens is 2. The van der Waals surface area contributed by atoms with Crippen LogP contribution in [-0.4, -0.2) is 33.8 Å². The van der Waals surface area contributed by atoms with Gasteiger partial charge in [0.1, 0.15) is 0 Å². The molecule has 1 heterocycles. The van der Waals surface area contributed by atoms with Gasteiger partial charge in [0.2, 0.25) is 15.0 Å². The van der Waals surface area contributed by atoms with E-state index < -0.39 is 20.6 Å². The first-order chi connectivity index (χ1) is 12.8. The summed E-state index contributed by atoms with van der Waals surface area (Å²) in [5, 5.41) is 9.60. The molecule has 6 nitrogen and oxygen atoms in total. The van der Waals surface area contributed by atoms with Gasteiger partial charge in [0.15, 0.2) is 4.75 Å². The lowest BCUT2D eigenvalue weighted by Crippen LogP contribution is -2.46. The van der Waals surface area contributed by atoms with Gasteiger partial charge >= 0.3 is 5.97 Å². The summed E-state index contributed by atoms with van der Waals surface area (Å²) in [6.07, 6.45) is 2.64. The lowest BCUT2D eigenvalue weighted by molar-refractivity contribution is -0.139. The highest BCUT2D eigenvalue weighted by Crippen LogP contribution is 2.33. The van der Waals surface area contributed by atoms with Gasteiger partial charge in [-0.15, -0.1) is 0 Å². The van der Waals surface area contributed by atoms with Crippen molar-refractivity contribution < 1.29 is 18.3 Å². The largest absolute Gasteiger partial charge is 0.480 e. The predicted octanol–water partition coefficient (Wildman–Crippen LogP) is 2.95. The summed E-state index contributed by atoms with van der Waals surface area (Å²) in [6.45, 7) is 1.24. The van der Waals surface area contributed by atoms with Crippen LogP contribution in [-0.2, 0) is 28.1 Å². The molecule has 0 bridgehead atoms. The molecule has 0 amide bonds. The average Bonchev–Trinajstić information content (AvgIpc) is 3.09. The lowest BCUT2D eigenvalue weighted by atomic mass is 9.92. The molecule has 3 rings (SSSR count). The molecule has 0 saturated heterocycles. The number of rotatable bonds is 6. The number of aliphatic carboxylic acids is 1. The third-order valence-corrected chi connectivity index (χ3v) is 7.07. The predicted molar refractivity (Wildman–Crippen MR) is 102 cm³/mol. The highest BCUT2D eigenvalue weighted by molar-refractivity contribution is 7.93. The molecule has 140 valence electrons. The van der Waals surface area contributed by atoms with Crippen LogP contribution in [0.1, 0.15) is 12.5 Å². The minimum absolute atomic E-state index is 0.178. The Balaban J connectivity index is 2.12. The van der Waals surface area contributed by atoms with Gasteiger partial charge in [-0.1, -0.05) is 54.6 Å². The maximum atomic E-state index is 13.2. The quantitative estimate of drug-likeness (QED) is 0.706. The second kappa shape index (κ2) is 7.00. The Labute approximate surface area is 158 Å². The van der Waals surface area contributed by atoms with Crippen LogP contribution in [0.15, 0.2) is 72.1 Å². The van der Waals surface area contributed by atoms with E-state index in [0.29, 0.717) is 5.56 Å². The standard InChI is InChI=1S/C20H20N2O4S/c1-20(18(23)24,27(25,26)19-21-12-13-22(19)2)14-16-10-6-7-11-17(16)15-8-4-3-5-9-15/h3-13H,14H2,1-2H3,(H,23,24). The molecule has 0 aliphatic heterocycles. The van der Waals surface area contributed by atoms with E-state index in [1.54, 1.807) is 12.1 Å². The normalized spacial score (nSPS) is 13.9. The number of aryl methyl sites for hydroxylation is 1. The van der Waals surface area contributed by atoms with Gasteiger partial charge in [0, 0.05) is 25.9 Å². The second-order valence-corrected chi connectivity index (χ2v) is 8.83. The number of sulfone groups is 1. The maximum Gasteiger partial charge on any atom is 0.325 e. The van der Waals surface area contributed by atoms with E-state index in [2.05, 4.69) is 4.98 Å². The number of carboxylic acids is 1. The number of carbonyl (C=O) groups is 1. The van der Waals surface area contributed by atoms with Crippen molar-refractivity contribution in [3.8, 4) is 11.1 Å². The third kappa shape index (κ3) is 3.26. The highest BCUT2D eigenvalue weighted by atomic mass is 32.2. The Morgan fingerprint density at radius 2 is 1.74 bits per heavy atom. The molecular weight excluding hydrogens is 364 g/mol. The van der Waals surface area contributed by atoms with Crippen molar-refractivity contribution in [2.24, 2.45) is 7.05 Å². The molecular formula is C20H20N2O4S. The van der Waals surface area contributed by atoms with Gasteiger partial charge in [-0.05, 0) is 23.6 Å². The first-order valence-corrected chi connectivity index (χ1v) is 9.84. The van der Waals surface area contributed by atoms with Crippen molar-refractivity contribution in [1.82, 2.24) is 9.55 Å². The molecule has 0 saturated carbocycles. The average molecular weight is 384 g/mol. The van der Waals surface area contributed by atoms with Gasteiger partial charge in [0.25, 0.3) is 0 Å². The zero-order chi connectivity index (χ0) is 19.7. The molecule has 1 unspecified atom stereocenters. The summed E-state index contributed by atoms with van der Waals surface area (Å²) >= 11 is 0. The van der Waals surface area contributed by atoms with Gasteiger partial charge < -0.3 is 9.67 Å². The number of hydrogen-bond donors (Lipinski definition) is 1. The molecule has 27 heavy (non-hydrogen) atoms. The summed E-state index contributed by atoms with van der Waals surface area (Å²) in [6, 6.07) is 16.7. The van der Waals surface area contributed by atoms with Crippen LogP contribution >= 0.6 is 0 Å². The van der Waals surface area contributed by atoms with E-state index in [9.17, 15) is 18.3 Å². The fourth-order valence-electron chi connectivity index (χ4n) is 3.04. The Morgan fingerprint density at radius 3 is 2.33 bits per heavy atom. The van der Waals surface area contributed by atoms with Crippen LogP contribution in [0.4, 0.5) is 0 Å². The van der Waals surface area contributed by atoms with E-state index in [0.717, 1.165) is 11.1 Å². The van der Waals surface area contributed by atoms with Crippen molar-refractivity contribution in [3.63, 3.8) is 0 Å². The van der Waals surface area contributed by atoms with Crippen LogP contribution < -0.4 is 0 Å². The molecule has 1 atom stereocenters. The molecule has 0 spiro atoms. The summed E-state index contributed by atoms with van der Waals surface area (Å²) in [4.78, 5) is 16.0. The number of nitrogens with zero attached hydrogens (tertiary/aromatic N) is 2. The smallest absolute Gasteiger partial charge is 0.325 e. The fraction of sp³-hybridized carbons (Fsp3) is 0.200. The summed E-state index contributed by atoms with van der Waals surface area (Å²) in [5.74, 6) is -1.41. The minimum atomic E-state index is -4.23. The Kier molecular flexibility index (Phi) is 4.89. The lowest BCUT2D eigenvalue weighted by Gasteiger charge is -2.25. The van der Waals surface area contributed by atoms with Crippen molar-refractivity contribution >= 4 is 15.8 Å². The van der Waals surface area contributed by atoms with Crippen molar-refractivity contribution in [2.75, 3.05) is 0 Å². The molecule has 0 aliphatic rings. The Bertz CT molecular complexity index is 1070.